The second kappa shape index (κ2) is 7.71. The van der Waals surface area contributed by atoms with Gasteiger partial charge in [0.1, 0.15) is 10.8 Å². The van der Waals surface area contributed by atoms with Gasteiger partial charge in [0, 0.05) is 30.1 Å². The number of esters is 1. The zero-order valence-corrected chi connectivity index (χ0v) is 14.4. The van der Waals surface area contributed by atoms with Crippen molar-refractivity contribution in [2.45, 2.75) is 6.92 Å². The fourth-order valence-corrected chi connectivity index (χ4v) is 2.70. The number of benzene rings is 2. The van der Waals surface area contributed by atoms with E-state index in [9.17, 15) is 4.79 Å². The summed E-state index contributed by atoms with van der Waals surface area (Å²) in [5, 5.41) is 1.89. The van der Waals surface area contributed by atoms with Crippen molar-refractivity contribution < 1.29 is 13.9 Å². The van der Waals surface area contributed by atoms with Crippen LogP contribution in [-0.2, 0) is 9.53 Å². The summed E-state index contributed by atoms with van der Waals surface area (Å²) in [4.78, 5) is 13.9. The summed E-state index contributed by atoms with van der Waals surface area (Å²) in [5.74, 6) is -0.394. The molecule has 128 valence electrons. The molecule has 0 radical (unpaired) electrons. The highest BCUT2D eigenvalue weighted by atomic mass is 16.5. The van der Waals surface area contributed by atoms with Gasteiger partial charge in [0.25, 0.3) is 0 Å². The van der Waals surface area contributed by atoms with Gasteiger partial charge in [-0.05, 0) is 25.1 Å². The van der Waals surface area contributed by atoms with Crippen LogP contribution in [0.1, 0.15) is 6.92 Å². The molecule has 0 amide bonds. The molecule has 0 unspecified atom stereocenters. The lowest BCUT2D eigenvalue weighted by molar-refractivity contribution is -0.135. The largest absolute Gasteiger partial charge is 0.463 e. The molecular formula is C21H21NO3. The number of furan rings is 1. The molecule has 0 N–H and O–H groups in total. The van der Waals surface area contributed by atoms with Gasteiger partial charge in [-0.15, -0.1) is 0 Å². The minimum atomic E-state index is -0.394. The van der Waals surface area contributed by atoms with Crippen LogP contribution in [0.4, 0.5) is 5.69 Å². The molecule has 0 saturated carbocycles. The monoisotopic (exact) mass is 335 g/mol. The lowest BCUT2D eigenvalue weighted by Gasteiger charge is -2.16. The number of carbonyl (C=O) groups is 1. The highest BCUT2D eigenvalue weighted by Gasteiger charge is 2.05. The number of carbonyl (C=O) groups excluding carboxylic acids is 1. The molecule has 0 saturated heterocycles. The Hall–Kier alpha value is -3.01. The third-order valence-electron chi connectivity index (χ3n) is 3.96. The zero-order valence-electron chi connectivity index (χ0n) is 14.4. The van der Waals surface area contributed by atoms with Gasteiger partial charge in [0.05, 0.1) is 12.7 Å². The van der Waals surface area contributed by atoms with E-state index in [1.54, 1.807) is 6.92 Å². The first-order chi connectivity index (χ1) is 12.2. The van der Waals surface area contributed by atoms with Crippen molar-refractivity contribution in [2.24, 2.45) is 0 Å². The number of fused-ring (bicyclic) bond motifs is 1. The Morgan fingerprint density at radius 3 is 2.36 bits per heavy atom. The van der Waals surface area contributed by atoms with Crippen LogP contribution in [0.25, 0.3) is 22.9 Å². The Bertz CT molecular complexity index is 973. The zero-order chi connectivity index (χ0) is 17.6. The normalized spacial score (nSPS) is 12.6. The number of para-hydroxylation sites is 1. The van der Waals surface area contributed by atoms with Crippen molar-refractivity contribution in [1.82, 2.24) is 0 Å². The molecule has 25 heavy (non-hydrogen) atoms. The molecule has 0 spiro atoms. The van der Waals surface area contributed by atoms with Gasteiger partial charge >= 0.3 is 5.97 Å². The van der Waals surface area contributed by atoms with E-state index in [1.807, 2.05) is 55.6 Å². The molecule has 1 aromatic heterocycles. The summed E-state index contributed by atoms with van der Waals surface area (Å²) in [7, 11) is 2.03. The Morgan fingerprint density at radius 2 is 1.68 bits per heavy atom. The third-order valence-corrected chi connectivity index (χ3v) is 3.96. The standard InChI is InChI=1S/C21H21NO3/c1-3-24-21(23)15-20-18-12-8-7-11-17(18)19(25-20)13-14-22(2)16-9-5-4-6-10-16/h4-13,15H,3,14H2,1-2H3/b19-13-,20-15-. The van der Waals surface area contributed by atoms with Crippen molar-refractivity contribution in [3.05, 3.63) is 65.4 Å². The van der Waals surface area contributed by atoms with Crippen LogP contribution >= 0.6 is 0 Å². The predicted molar refractivity (Wildman–Crippen MR) is 101 cm³/mol. The number of nitrogens with zero attached hydrogens (tertiary/aromatic N) is 1. The molecule has 0 aliphatic carbocycles. The molecule has 3 aromatic rings. The molecule has 0 aliphatic heterocycles. The predicted octanol–water partition coefficient (Wildman–Crippen LogP) is 2.69. The molecule has 4 nitrogen and oxygen atoms in total. The first kappa shape index (κ1) is 16.8. The maximum absolute atomic E-state index is 11.8. The summed E-state index contributed by atoms with van der Waals surface area (Å²) in [6.07, 6.45) is 3.43. The van der Waals surface area contributed by atoms with Gasteiger partial charge < -0.3 is 14.1 Å². The van der Waals surface area contributed by atoms with Crippen LogP contribution in [0, 0.1) is 0 Å². The lowest BCUT2D eigenvalue weighted by atomic mass is 10.2. The van der Waals surface area contributed by atoms with Crippen LogP contribution in [-0.4, -0.2) is 26.2 Å². The highest BCUT2D eigenvalue weighted by molar-refractivity contribution is 6.01. The van der Waals surface area contributed by atoms with Gasteiger partial charge in [-0.2, -0.15) is 0 Å². The van der Waals surface area contributed by atoms with E-state index >= 15 is 0 Å². The van der Waals surface area contributed by atoms with Crippen molar-refractivity contribution in [3.8, 4) is 0 Å². The first-order valence-electron chi connectivity index (χ1n) is 8.31. The smallest absolute Gasteiger partial charge is 0.334 e. The van der Waals surface area contributed by atoms with E-state index in [0.29, 0.717) is 18.6 Å². The van der Waals surface area contributed by atoms with Crippen molar-refractivity contribution in [2.75, 3.05) is 25.1 Å². The molecule has 3 rings (SSSR count). The van der Waals surface area contributed by atoms with Gasteiger partial charge in [0.2, 0.25) is 0 Å². The fraction of sp³-hybridized carbons (Fsp3) is 0.190. The summed E-state index contributed by atoms with van der Waals surface area (Å²) in [6.45, 7) is 2.82. The Morgan fingerprint density at radius 1 is 1.04 bits per heavy atom. The van der Waals surface area contributed by atoms with E-state index in [0.717, 1.165) is 21.9 Å². The number of rotatable bonds is 5. The van der Waals surface area contributed by atoms with Crippen LogP contribution in [0.5, 0.6) is 0 Å². The van der Waals surface area contributed by atoms with Crippen LogP contribution in [0.3, 0.4) is 0 Å². The third kappa shape index (κ3) is 3.91. The number of hydrogen-bond acceptors (Lipinski definition) is 4. The summed E-state index contributed by atoms with van der Waals surface area (Å²) < 4.78 is 10.9. The van der Waals surface area contributed by atoms with Crippen molar-refractivity contribution in [1.29, 1.82) is 0 Å². The number of hydrogen-bond donors (Lipinski definition) is 0. The maximum Gasteiger partial charge on any atom is 0.334 e. The molecule has 1 heterocycles. The first-order valence-corrected chi connectivity index (χ1v) is 8.31. The summed E-state index contributed by atoms with van der Waals surface area (Å²) in [5.41, 5.74) is 2.42. The number of anilines is 1. The van der Waals surface area contributed by atoms with Gasteiger partial charge in [-0.1, -0.05) is 42.5 Å². The van der Waals surface area contributed by atoms with Crippen molar-refractivity contribution in [3.63, 3.8) is 0 Å². The topological polar surface area (TPSA) is 42.7 Å². The second-order valence-corrected chi connectivity index (χ2v) is 5.69. The summed E-state index contributed by atoms with van der Waals surface area (Å²) in [6, 6.07) is 18.0. The van der Waals surface area contributed by atoms with E-state index in [-0.39, 0.29) is 0 Å². The molecule has 0 bridgehead atoms. The van der Waals surface area contributed by atoms with Crippen LogP contribution in [0.2, 0.25) is 0 Å². The quantitative estimate of drug-likeness (QED) is 0.673. The fourth-order valence-electron chi connectivity index (χ4n) is 2.70. The van der Waals surface area contributed by atoms with Gasteiger partial charge in [-0.25, -0.2) is 4.79 Å². The average molecular weight is 335 g/mol. The van der Waals surface area contributed by atoms with E-state index < -0.39 is 5.97 Å². The van der Waals surface area contributed by atoms with Gasteiger partial charge in [0.15, 0.2) is 0 Å². The Labute approximate surface area is 146 Å². The summed E-state index contributed by atoms with van der Waals surface area (Å²) >= 11 is 0. The SMILES string of the molecule is CCOC(=O)/C=c1\o/c(=C\CN(C)c2ccccc2)c2ccccc12. The average Bonchev–Trinajstić information content (AvgIpc) is 2.98. The minimum absolute atomic E-state index is 0.342. The van der Waals surface area contributed by atoms with E-state index in [2.05, 4.69) is 17.0 Å². The molecule has 2 aromatic carbocycles. The molecule has 0 aliphatic rings. The molecular weight excluding hydrogens is 314 g/mol. The molecule has 0 atom stereocenters. The van der Waals surface area contributed by atoms with Gasteiger partial charge in [-0.3, -0.25) is 0 Å². The molecule has 4 heteroatoms. The number of ether oxygens (including phenoxy) is 1. The van der Waals surface area contributed by atoms with Crippen molar-refractivity contribution >= 4 is 34.6 Å². The Kier molecular flexibility index (Phi) is 5.19. The minimum Gasteiger partial charge on any atom is -0.463 e. The molecule has 0 fully saturated rings. The highest BCUT2D eigenvalue weighted by Crippen LogP contribution is 2.11. The maximum atomic E-state index is 11.8. The van der Waals surface area contributed by atoms with E-state index in [4.69, 9.17) is 9.15 Å². The van der Waals surface area contributed by atoms with Crippen LogP contribution < -0.4 is 15.7 Å². The lowest BCUT2D eigenvalue weighted by Crippen LogP contribution is -2.18. The Balaban J connectivity index is 1.98. The van der Waals surface area contributed by atoms with E-state index in [1.165, 1.54) is 6.08 Å². The second-order valence-electron chi connectivity index (χ2n) is 5.69. The van der Waals surface area contributed by atoms with Crippen LogP contribution in [0.15, 0.2) is 59.0 Å².